The molecule has 0 spiro atoms. The molecule has 1 heterocycles. The zero-order chi connectivity index (χ0) is 30.7. The Morgan fingerprint density at radius 2 is 1.86 bits per heavy atom. The van der Waals surface area contributed by atoms with Gasteiger partial charge in [-0.3, -0.25) is 14.9 Å². The van der Waals surface area contributed by atoms with Crippen LogP contribution in [0.3, 0.4) is 0 Å². The maximum Gasteiger partial charge on any atom is 0.346 e. The average Bonchev–Trinajstić information content (AvgIpc) is 2.96. The van der Waals surface area contributed by atoms with Gasteiger partial charge in [-0.25, -0.2) is 9.78 Å². The first kappa shape index (κ1) is 30.2. The molecule has 0 amide bonds. The topological polar surface area (TPSA) is 135 Å². The Morgan fingerprint density at radius 1 is 1.14 bits per heavy atom. The van der Waals surface area contributed by atoms with E-state index in [1.165, 1.54) is 32.4 Å². The van der Waals surface area contributed by atoms with Crippen molar-refractivity contribution in [3.8, 4) is 22.9 Å². The van der Waals surface area contributed by atoms with Gasteiger partial charge < -0.3 is 14.2 Å². The standard InChI is InChI=1S/C30H29ClN4O7/c1-16(2)21-14-22(17(3)11-26(21)40-5)28-33-24-10-8-7-9-20(24)29(36)34(28)32-15-19-12-23(31)27(25(13-19)35(38)39)42-18(4)30(37)41-6/h7-16,18H,1-6H3/t18-/m1/s1. The number of esters is 1. The quantitative estimate of drug-likeness (QED) is 0.102. The number of nitrogens with zero attached hydrogens (tertiary/aromatic N) is 4. The normalized spacial score (nSPS) is 12.1. The molecule has 0 N–H and O–H groups in total. The van der Waals surface area contributed by atoms with Gasteiger partial charge in [-0.1, -0.05) is 37.6 Å². The number of carbonyl (C=O) groups is 1. The summed E-state index contributed by atoms with van der Waals surface area (Å²) in [5.41, 5.74) is 2.19. The predicted molar refractivity (Wildman–Crippen MR) is 160 cm³/mol. The Kier molecular flexibility index (Phi) is 8.91. The number of para-hydroxylation sites is 1. The lowest BCUT2D eigenvalue weighted by atomic mass is 9.96. The van der Waals surface area contributed by atoms with E-state index in [0.717, 1.165) is 21.6 Å². The first-order chi connectivity index (χ1) is 20.0. The molecule has 11 nitrogen and oxygen atoms in total. The van der Waals surface area contributed by atoms with E-state index in [1.54, 1.807) is 31.4 Å². The van der Waals surface area contributed by atoms with E-state index in [9.17, 15) is 19.7 Å². The third kappa shape index (κ3) is 5.96. The SMILES string of the molecule is COC(=O)[C@@H](C)Oc1c(Cl)cc(C=Nn2c(-c3cc(C(C)C)c(OC)cc3C)nc3ccccc3c2=O)cc1[N+](=O)[O-]. The molecular formula is C30H29ClN4O7. The Bertz CT molecular complexity index is 1780. The number of hydrogen-bond acceptors (Lipinski definition) is 9. The zero-order valence-corrected chi connectivity index (χ0v) is 24.6. The van der Waals surface area contributed by atoms with E-state index in [2.05, 4.69) is 9.84 Å². The van der Waals surface area contributed by atoms with E-state index in [0.29, 0.717) is 16.5 Å². The molecule has 0 radical (unpaired) electrons. The zero-order valence-electron chi connectivity index (χ0n) is 23.9. The van der Waals surface area contributed by atoms with E-state index in [1.807, 2.05) is 32.9 Å². The number of benzene rings is 3. The molecule has 0 saturated carbocycles. The fourth-order valence-electron chi connectivity index (χ4n) is 4.41. The van der Waals surface area contributed by atoms with Crippen LogP contribution in [0.5, 0.6) is 11.5 Å². The first-order valence-corrected chi connectivity index (χ1v) is 13.3. The Balaban J connectivity index is 1.90. The second kappa shape index (κ2) is 12.4. The number of halogens is 1. The minimum Gasteiger partial charge on any atom is -0.496 e. The van der Waals surface area contributed by atoms with Crippen molar-refractivity contribution in [1.29, 1.82) is 0 Å². The molecule has 0 aliphatic carbocycles. The summed E-state index contributed by atoms with van der Waals surface area (Å²) in [7, 11) is 2.78. The van der Waals surface area contributed by atoms with Gasteiger partial charge in [0.05, 0.1) is 41.3 Å². The number of nitro groups is 1. The fraction of sp³-hybridized carbons (Fsp3) is 0.267. The van der Waals surface area contributed by atoms with Crippen LogP contribution in [0.15, 0.2) is 58.4 Å². The van der Waals surface area contributed by atoms with Gasteiger partial charge in [0, 0.05) is 17.2 Å². The van der Waals surface area contributed by atoms with Crippen molar-refractivity contribution in [2.45, 2.75) is 39.7 Å². The number of hydrogen-bond donors (Lipinski definition) is 0. The summed E-state index contributed by atoms with van der Waals surface area (Å²) in [5.74, 6) is 0.0987. The summed E-state index contributed by atoms with van der Waals surface area (Å²) in [5, 5.41) is 16.5. The molecular weight excluding hydrogens is 564 g/mol. The van der Waals surface area contributed by atoms with Gasteiger partial charge >= 0.3 is 11.7 Å². The van der Waals surface area contributed by atoms with Crippen LogP contribution in [-0.2, 0) is 9.53 Å². The van der Waals surface area contributed by atoms with Gasteiger partial charge in [0.15, 0.2) is 11.9 Å². The maximum absolute atomic E-state index is 13.7. The molecule has 3 aromatic carbocycles. The third-order valence-corrected chi connectivity index (χ3v) is 6.87. The minimum atomic E-state index is -1.14. The molecule has 218 valence electrons. The van der Waals surface area contributed by atoms with E-state index < -0.39 is 28.2 Å². The molecule has 1 atom stereocenters. The molecule has 0 bridgehead atoms. The Labute approximate surface area is 246 Å². The third-order valence-electron chi connectivity index (χ3n) is 6.59. The number of aromatic nitrogens is 2. The second-order valence-corrected chi connectivity index (χ2v) is 10.2. The predicted octanol–water partition coefficient (Wildman–Crippen LogP) is 5.89. The van der Waals surface area contributed by atoms with Crippen LogP contribution >= 0.6 is 11.6 Å². The van der Waals surface area contributed by atoms with Crippen molar-refractivity contribution in [2.24, 2.45) is 5.10 Å². The highest BCUT2D eigenvalue weighted by Gasteiger charge is 2.25. The van der Waals surface area contributed by atoms with Crippen molar-refractivity contribution in [1.82, 2.24) is 9.66 Å². The van der Waals surface area contributed by atoms with Gasteiger partial charge in [-0.05, 0) is 61.2 Å². The molecule has 0 saturated heterocycles. The van der Waals surface area contributed by atoms with Crippen molar-refractivity contribution in [3.63, 3.8) is 0 Å². The number of aryl methyl sites for hydroxylation is 1. The number of carbonyl (C=O) groups excluding carboxylic acids is 1. The van der Waals surface area contributed by atoms with Gasteiger partial charge in [-0.15, -0.1) is 0 Å². The lowest BCUT2D eigenvalue weighted by Crippen LogP contribution is -2.25. The molecule has 1 aromatic heterocycles. The molecule has 42 heavy (non-hydrogen) atoms. The smallest absolute Gasteiger partial charge is 0.346 e. The van der Waals surface area contributed by atoms with Gasteiger partial charge in [-0.2, -0.15) is 9.78 Å². The van der Waals surface area contributed by atoms with Crippen molar-refractivity contribution < 1.29 is 23.9 Å². The number of methoxy groups -OCH3 is 2. The van der Waals surface area contributed by atoms with Crippen molar-refractivity contribution in [3.05, 3.63) is 90.7 Å². The lowest BCUT2D eigenvalue weighted by molar-refractivity contribution is -0.386. The highest BCUT2D eigenvalue weighted by atomic mass is 35.5. The molecule has 4 rings (SSSR count). The van der Waals surface area contributed by atoms with E-state index >= 15 is 0 Å². The van der Waals surface area contributed by atoms with E-state index in [-0.39, 0.29) is 28.1 Å². The molecule has 4 aromatic rings. The van der Waals surface area contributed by atoms with Crippen molar-refractivity contribution in [2.75, 3.05) is 14.2 Å². The van der Waals surface area contributed by atoms with Gasteiger partial charge in [0.1, 0.15) is 5.75 Å². The number of nitro benzene ring substituents is 1. The summed E-state index contributed by atoms with van der Waals surface area (Å²) in [4.78, 5) is 41.5. The summed E-state index contributed by atoms with van der Waals surface area (Å²) < 4.78 is 16.8. The van der Waals surface area contributed by atoms with Crippen LogP contribution in [0.4, 0.5) is 5.69 Å². The monoisotopic (exact) mass is 592 g/mol. The Morgan fingerprint density at radius 3 is 2.50 bits per heavy atom. The molecule has 0 unspecified atom stereocenters. The summed E-state index contributed by atoms with van der Waals surface area (Å²) >= 11 is 6.35. The minimum absolute atomic E-state index is 0.119. The summed E-state index contributed by atoms with van der Waals surface area (Å²) in [6.45, 7) is 7.33. The molecule has 0 aliphatic heterocycles. The van der Waals surface area contributed by atoms with Gasteiger partial charge in [0.25, 0.3) is 5.56 Å². The average molecular weight is 593 g/mol. The number of rotatable bonds is 9. The molecule has 12 heteroatoms. The van der Waals surface area contributed by atoms with Crippen LogP contribution in [0.25, 0.3) is 22.3 Å². The van der Waals surface area contributed by atoms with Crippen LogP contribution in [-0.4, -0.2) is 47.1 Å². The lowest BCUT2D eigenvalue weighted by Gasteiger charge is -2.17. The summed E-state index contributed by atoms with van der Waals surface area (Å²) in [6, 6.07) is 13.3. The highest BCUT2D eigenvalue weighted by molar-refractivity contribution is 6.32. The molecule has 0 aliphatic rings. The van der Waals surface area contributed by atoms with Crippen molar-refractivity contribution >= 4 is 40.4 Å². The summed E-state index contributed by atoms with van der Waals surface area (Å²) in [6.07, 6.45) is 0.134. The second-order valence-electron chi connectivity index (χ2n) is 9.77. The molecule has 0 fully saturated rings. The largest absolute Gasteiger partial charge is 0.496 e. The first-order valence-electron chi connectivity index (χ1n) is 12.9. The Hall–Kier alpha value is -4.77. The highest BCUT2D eigenvalue weighted by Crippen LogP contribution is 2.37. The fourth-order valence-corrected chi connectivity index (χ4v) is 4.68. The van der Waals surface area contributed by atoms with Crippen LogP contribution < -0.4 is 15.0 Å². The number of fused-ring (bicyclic) bond motifs is 1. The van der Waals surface area contributed by atoms with Gasteiger partial charge in [0.2, 0.25) is 5.75 Å². The van der Waals surface area contributed by atoms with E-state index in [4.69, 9.17) is 26.1 Å². The van der Waals surface area contributed by atoms with Crippen LogP contribution in [0, 0.1) is 17.0 Å². The van der Waals surface area contributed by atoms with Crippen LogP contribution in [0.1, 0.15) is 43.4 Å². The van der Waals surface area contributed by atoms with Crippen LogP contribution in [0.2, 0.25) is 5.02 Å². The number of ether oxygens (including phenoxy) is 3. The maximum atomic E-state index is 13.7.